The van der Waals surface area contributed by atoms with Crippen molar-refractivity contribution in [3.8, 4) is 0 Å². The molecule has 130 valence electrons. The van der Waals surface area contributed by atoms with Gasteiger partial charge in [-0.15, -0.1) is 0 Å². The number of hydrogen-bond acceptors (Lipinski definition) is 5. The molecule has 0 aromatic rings. The van der Waals surface area contributed by atoms with E-state index in [0.29, 0.717) is 5.57 Å². The predicted molar refractivity (Wildman–Crippen MR) is 100.0 cm³/mol. The molecular formula is C13H32O5Si4. The van der Waals surface area contributed by atoms with Gasteiger partial charge < -0.3 is 16.8 Å². The minimum Gasteiger partial charge on any atom is -0.492 e. The Morgan fingerprint density at radius 1 is 0.727 bits per heavy atom. The van der Waals surface area contributed by atoms with Crippen molar-refractivity contribution in [2.24, 2.45) is 0 Å². The molecule has 0 aliphatic carbocycles. The third-order valence-corrected chi connectivity index (χ3v) is 15.2. The Labute approximate surface area is 139 Å². The first-order valence-electron chi connectivity index (χ1n) is 7.44. The molecule has 0 saturated carbocycles. The summed E-state index contributed by atoms with van der Waals surface area (Å²) >= 11 is 0. The van der Waals surface area contributed by atoms with Gasteiger partial charge in [-0.2, -0.15) is 0 Å². The van der Waals surface area contributed by atoms with Crippen molar-refractivity contribution in [1.29, 1.82) is 0 Å². The number of carbonyl (C=O) groups is 1. The summed E-state index contributed by atoms with van der Waals surface area (Å²) < 4.78 is 24.1. The Kier molecular flexibility index (Phi) is 7.23. The first kappa shape index (κ1) is 22.0. The Morgan fingerprint density at radius 2 is 1.09 bits per heavy atom. The van der Waals surface area contributed by atoms with Crippen LogP contribution in [0, 0.1) is 0 Å². The Balaban J connectivity index is 4.88. The summed E-state index contributed by atoms with van der Waals surface area (Å²) in [6, 6.07) is 0. The highest BCUT2D eigenvalue weighted by molar-refractivity contribution is 6.88. The van der Waals surface area contributed by atoms with E-state index in [-0.39, 0.29) is 0 Å². The lowest BCUT2D eigenvalue weighted by Crippen LogP contribution is -2.56. The largest absolute Gasteiger partial charge is 0.492 e. The van der Waals surface area contributed by atoms with Crippen LogP contribution in [0.2, 0.25) is 58.9 Å². The van der Waals surface area contributed by atoms with E-state index in [1.807, 2.05) is 39.3 Å². The van der Waals surface area contributed by atoms with Crippen LogP contribution in [0.1, 0.15) is 6.92 Å². The minimum atomic E-state index is -2.62. The third-order valence-electron chi connectivity index (χ3n) is 2.22. The van der Waals surface area contributed by atoms with Crippen molar-refractivity contribution in [2.45, 2.75) is 65.8 Å². The lowest BCUT2D eigenvalue weighted by Gasteiger charge is -2.39. The first-order valence-corrected chi connectivity index (χ1v) is 19.3. The van der Waals surface area contributed by atoms with Crippen LogP contribution in [0.4, 0.5) is 0 Å². The maximum atomic E-state index is 11.7. The van der Waals surface area contributed by atoms with Crippen LogP contribution in [0.5, 0.6) is 0 Å². The van der Waals surface area contributed by atoms with Gasteiger partial charge in [-0.1, -0.05) is 6.58 Å². The first-order chi connectivity index (χ1) is 9.45. The normalized spacial score (nSPS) is 13.9. The highest BCUT2D eigenvalue weighted by Gasteiger charge is 2.44. The molecule has 0 aromatic heterocycles. The summed E-state index contributed by atoms with van der Waals surface area (Å²) in [4.78, 5) is 11.7. The third kappa shape index (κ3) is 9.87. The SMILES string of the molecule is C=C(C)C(=O)O[Si](C)(C)O[Si](C)(C)O[Si](C)(C)O[Si](C)(C)C. The molecule has 0 aliphatic rings. The Bertz CT molecular complexity index is 427. The van der Waals surface area contributed by atoms with Crippen LogP contribution in [-0.2, 0) is 21.6 Å². The molecule has 0 spiro atoms. The van der Waals surface area contributed by atoms with Crippen LogP contribution >= 0.6 is 0 Å². The Hall–Kier alpha value is -0.0425. The highest BCUT2D eigenvalue weighted by Crippen LogP contribution is 2.24. The zero-order chi connectivity index (χ0) is 18.0. The van der Waals surface area contributed by atoms with Gasteiger partial charge in [-0.25, -0.2) is 4.79 Å². The number of hydrogen-bond donors (Lipinski definition) is 0. The van der Waals surface area contributed by atoms with E-state index in [0.717, 1.165) is 0 Å². The number of carbonyl (C=O) groups excluding carboxylic acids is 1. The van der Waals surface area contributed by atoms with Crippen molar-refractivity contribution in [2.75, 3.05) is 0 Å². The van der Waals surface area contributed by atoms with Gasteiger partial charge >= 0.3 is 31.7 Å². The van der Waals surface area contributed by atoms with Crippen LogP contribution in [0.15, 0.2) is 12.2 Å². The summed E-state index contributed by atoms with van der Waals surface area (Å²) in [5.41, 5.74) is 0.376. The van der Waals surface area contributed by atoms with E-state index in [4.69, 9.17) is 16.8 Å². The maximum Gasteiger partial charge on any atom is 0.386 e. The molecule has 0 heterocycles. The van der Waals surface area contributed by atoms with E-state index in [1.54, 1.807) is 6.92 Å². The van der Waals surface area contributed by atoms with Gasteiger partial charge in [-0.3, -0.25) is 0 Å². The molecule has 0 radical (unpaired) electrons. The van der Waals surface area contributed by atoms with Gasteiger partial charge in [0.15, 0.2) is 8.32 Å². The van der Waals surface area contributed by atoms with Crippen molar-refractivity contribution in [3.05, 3.63) is 12.2 Å². The molecule has 0 unspecified atom stereocenters. The molecule has 0 aromatic carbocycles. The lowest BCUT2D eigenvalue weighted by atomic mass is 10.4. The van der Waals surface area contributed by atoms with E-state index >= 15 is 0 Å². The highest BCUT2D eigenvalue weighted by atomic mass is 28.5. The second-order valence-electron chi connectivity index (χ2n) is 7.79. The number of rotatable bonds is 8. The van der Waals surface area contributed by atoms with Gasteiger partial charge in [0.05, 0.1) is 0 Å². The van der Waals surface area contributed by atoms with Crippen molar-refractivity contribution in [3.63, 3.8) is 0 Å². The fraction of sp³-hybridized carbons (Fsp3) is 0.769. The van der Waals surface area contributed by atoms with E-state index in [2.05, 4.69) is 26.2 Å². The van der Waals surface area contributed by atoms with Crippen LogP contribution < -0.4 is 0 Å². The van der Waals surface area contributed by atoms with Crippen LogP contribution in [0.3, 0.4) is 0 Å². The minimum absolute atomic E-state index is 0.376. The predicted octanol–water partition coefficient (Wildman–Crippen LogP) is 4.10. The fourth-order valence-corrected chi connectivity index (χ4v) is 19.5. The molecular weight excluding hydrogens is 348 g/mol. The summed E-state index contributed by atoms with van der Waals surface area (Å²) in [5, 5.41) is 0. The standard InChI is InChI=1S/C13H32O5Si4/c1-12(2)13(14)15-20(6,7)17-22(10,11)18-21(8,9)16-19(3,4)5/h1H2,2-11H3. The molecule has 22 heavy (non-hydrogen) atoms. The summed E-state index contributed by atoms with van der Waals surface area (Å²) in [5.74, 6) is -0.406. The average Bonchev–Trinajstić information content (AvgIpc) is 2.06. The van der Waals surface area contributed by atoms with Crippen LogP contribution in [0.25, 0.3) is 0 Å². The average molecular weight is 381 g/mol. The van der Waals surface area contributed by atoms with Crippen molar-refractivity contribution in [1.82, 2.24) is 0 Å². The van der Waals surface area contributed by atoms with Gasteiger partial charge in [0, 0.05) is 5.57 Å². The summed E-state index contributed by atoms with van der Waals surface area (Å²) in [7, 11) is -9.03. The van der Waals surface area contributed by atoms with Gasteiger partial charge in [-0.05, 0) is 65.8 Å². The molecule has 0 rings (SSSR count). The van der Waals surface area contributed by atoms with Gasteiger partial charge in [0.25, 0.3) is 0 Å². The van der Waals surface area contributed by atoms with Crippen molar-refractivity contribution >= 4 is 40.0 Å². The zero-order valence-corrected chi connectivity index (χ0v) is 19.7. The molecule has 0 saturated heterocycles. The maximum absolute atomic E-state index is 11.7. The second-order valence-corrected chi connectivity index (χ2v) is 23.1. The van der Waals surface area contributed by atoms with Gasteiger partial charge in [0.1, 0.15) is 0 Å². The molecule has 5 nitrogen and oxygen atoms in total. The molecule has 0 amide bonds. The Morgan fingerprint density at radius 3 is 1.45 bits per heavy atom. The topological polar surface area (TPSA) is 54.0 Å². The second kappa shape index (κ2) is 7.24. The monoisotopic (exact) mass is 380 g/mol. The molecule has 0 aliphatic heterocycles. The zero-order valence-electron chi connectivity index (χ0n) is 15.7. The lowest BCUT2D eigenvalue weighted by molar-refractivity contribution is -0.131. The van der Waals surface area contributed by atoms with Gasteiger partial charge in [0.2, 0.25) is 0 Å². The van der Waals surface area contributed by atoms with E-state index in [9.17, 15) is 4.79 Å². The molecule has 0 fully saturated rings. The van der Waals surface area contributed by atoms with Crippen LogP contribution in [-0.4, -0.2) is 40.0 Å². The van der Waals surface area contributed by atoms with Crippen molar-refractivity contribution < 1.29 is 21.6 Å². The molecule has 0 atom stereocenters. The molecule has 0 N–H and O–H groups in total. The summed E-state index contributed by atoms with van der Waals surface area (Å²) in [6.07, 6.45) is 0. The fourth-order valence-electron chi connectivity index (χ4n) is 2.29. The quantitative estimate of drug-likeness (QED) is 0.469. The van der Waals surface area contributed by atoms with E-state index < -0.39 is 40.0 Å². The molecule has 9 heteroatoms. The van der Waals surface area contributed by atoms with E-state index in [1.165, 1.54) is 0 Å². The molecule has 0 bridgehead atoms. The smallest absolute Gasteiger partial charge is 0.386 e. The summed E-state index contributed by atoms with van der Waals surface area (Å²) in [6.45, 7) is 23.4.